The molecule has 0 bridgehead atoms. The summed E-state index contributed by atoms with van der Waals surface area (Å²) in [5, 5.41) is 12.4. The van der Waals surface area contributed by atoms with Gasteiger partial charge < -0.3 is 19.0 Å². The van der Waals surface area contributed by atoms with Gasteiger partial charge in [-0.1, -0.05) is 99.1 Å². The summed E-state index contributed by atoms with van der Waals surface area (Å²) in [5.74, 6) is 0. The van der Waals surface area contributed by atoms with Crippen molar-refractivity contribution in [3.63, 3.8) is 0 Å². The molecule has 3 aromatic rings. The highest BCUT2D eigenvalue weighted by atomic mass is 32.2. The summed E-state index contributed by atoms with van der Waals surface area (Å²) in [7, 11) is -6.91. The van der Waals surface area contributed by atoms with Gasteiger partial charge in [-0.3, -0.25) is 0 Å². The Kier molecular flexibility index (Phi) is 6.26. The molecule has 190 valence electrons. The normalized spacial score (nSPS) is 26.0. The van der Waals surface area contributed by atoms with Crippen LogP contribution in [0.4, 0.5) is 0 Å². The van der Waals surface area contributed by atoms with Crippen LogP contribution < -0.4 is 10.4 Å². The van der Waals surface area contributed by atoms with Gasteiger partial charge >= 0.3 is 0 Å². The van der Waals surface area contributed by atoms with E-state index in [1.807, 2.05) is 43.3 Å². The van der Waals surface area contributed by atoms with E-state index in [9.17, 15) is 13.5 Å². The number of fused-ring (bicyclic) bond motifs is 1. The van der Waals surface area contributed by atoms with Crippen molar-refractivity contribution in [3.8, 4) is 0 Å². The van der Waals surface area contributed by atoms with Crippen LogP contribution in [0.25, 0.3) is 0 Å². The number of hydrogen-bond donors (Lipinski definition) is 1. The molecule has 6 nitrogen and oxygen atoms in total. The maximum Gasteiger partial charge on any atom is 0.261 e. The molecule has 1 N–H and O–H groups in total. The van der Waals surface area contributed by atoms with Crippen molar-refractivity contribution >= 4 is 28.5 Å². The fourth-order valence-electron chi connectivity index (χ4n) is 5.42. The van der Waals surface area contributed by atoms with Crippen molar-refractivity contribution in [2.24, 2.45) is 0 Å². The molecule has 1 unspecified atom stereocenters. The van der Waals surface area contributed by atoms with E-state index in [0.29, 0.717) is 0 Å². The van der Waals surface area contributed by atoms with Gasteiger partial charge in [0.05, 0.1) is 11.5 Å². The average Bonchev–Trinajstić information content (AvgIpc) is 3.56. The lowest BCUT2D eigenvalue weighted by Gasteiger charge is -2.43. The van der Waals surface area contributed by atoms with Gasteiger partial charge in [0.1, 0.15) is 6.10 Å². The number of sulfone groups is 1. The molecule has 2 heterocycles. The van der Waals surface area contributed by atoms with Crippen LogP contribution in [0, 0.1) is 6.92 Å². The summed E-state index contributed by atoms with van der Waals surface area (Å²) in [6, 6.07) is 26.9. The minimum absolute atomic E-state index is 0.0358. The smallest absolute Gasteiger partial charge is 0.261 e. The highest BCUT2D eigenvalue weighted by Crippen LogP contribution is 2.55. The second kappa shape index (κ2) is 8.90. The molecular formula is C28H32O6SSi. The number of benzene rings is 3. The molecule has 5 rings (SSSR count). The van der Waals surface area contributed by atoms with Gasteiger partial charge in [0.25, 0.3) is 8.32 Å². The average molecular weight is 525 g/mol. The number of rotatable bonds is 7. The molecule has 0 amide bonds. The first kappa shape index (κ1) is 25.3. The molecule has 3 aromatic carbocycles. The monoisotopic (exact) mass is 524 g/mol. The lowest BCUT2D eigenvalue weighted by Crippen LogP contribution is -2.67. The lowest BCUT2D eigenvalue weighted by molar-refractivity contribution is -0.151. The Balaban J connectivity index is 1.55. The van der Waals surface area contributed by atoms with Gasteiger partial charge in [-0.15, -0.1) is 0 Å². The molecule has 4 atom stereocenters. The van der Waals surface area contributed by atoms with Crippen LogP contribution in [0.2, 0.25) is 5.04 Å². The second-order valence-corrected chi connectivity index (χ2v) is 17.0. The third kappa shape index (κ3) is 3.79. The van der Waals surface area contributed by atoms with Crippen LogP contribution in [0.1, 0.15) is 26.3 Å². The highest BCUT2D eigenvalue weighted by molar-refractivity contribution is 7.93. The predicted molar refractivity (Wildman–Crippen MR) is 140 cm³/mol. The fraction of sp³-hybridized carbons (Fsp3) is 0.357. The molecule has 0 aliphatic carbocycles. The van der Waals surface area contributed by atoms with E-state index in [1.165, 1.54) is 0 Å². The Morgan fingerprint density at radius 2 is 1.44 bits per heavy atom. The summed E-state index contributed by atoms with van der Waals surface area (Å²) < 4.78 is 46.0. The summed E-state index contributed by atoms with van der Waals surface area (Å²) in [5.41, 5.74) is 0.953. The Labute approximate surface area is 213 Å². The number of aliphatic hydroxyl groups excluding tert-OH is 1. The van der Waals surface area contributed by atoms with Crippen molar-refractivity contribution < 1.29 is 27.4 Å². The van der Waals surface area contributed by atoms with Gasteiger partial charge in [-0.05, 0) is 34.5 Å². The van der Waals surface area contributed by atoms with Crippen molar-refractivity contribution in [3.05, 3.63) is 90.5 Å². The van der Waals surface area contributed by atoms with Gasteiger partial charge in [0, 0.05) is 0 Å². The van der Waals surface area contributed by atoms with Crippen LogP contribution >= 0.6 is 0 Å². The number of aliphatic hydroxyl groups is 1. The maximum atomic E-state index is 13.8. The molecule has 2 aliphatic heterocycles. The fourth-order valence-corrected chi connectivity index (χ4v) is 12.0. The molecule has 2 aliphatic rings. The summed E-state index contributed by atoms with van der Waals surface area (Å²) in [6.07, 6.45) is -3.26. The van der Waals surface area contributed by atoms with Crippen LogP contribution in [-0.4, -0.2) is 51.9 Å². The predicted octanol–water partition coefficient (Wildman–Crippen LogP) is 3.16. The summed E-state index contributed by atoms with van der Waals surface area (Å²) >= 11 is 0. The topological polar surface area (TPSA) is 85.4 Å². The summed E-state index contributed by atoms with van der Waals surface area (Å²) in [4.78, 5) is -1.53. The molecule has 2 fully saturated rings. The quantitative estimate of drug-likeness (QED) is 0.378. The molecule has 0 saturated carbocycles. The molecular weight excluding hydrogens is 492 g/mol. The highest BCUT2D eigenvalue weighted by Gasteiger charge is 2.79. The van der Waals surface area contributed by atoms with Gasteiger partial charge in [-0.2, -0.15) is 0 Å². The van der Waals surface area contributed by atoms with Crippen LogP contribution in [0.3, 0.4) is 0 Å². The third-order valence-corrected chi connectivity index (χ3v) is 14.6. The van der Waals surface area contributed by atoms with E-state index in [-0.39, 0.29) is 16.5 Å². The van der Waals surface area contributed by atoms with E-state index in [2.05, 4.69) is 45.0 Å². The van der Waals surface area contributed by atoms with E-state index in [1.54, 1.807) is 24.3 Å². The van der Waals surface area contributed by atoms with Crippen LogP contribution in [0.5, 0.6) is 0 Å². The number of hydrogen-bond acceptors (Lipinski definition) is 6. The standard InChI is InChI=1S/C28H32O6SSi/c1-20-15-17-21(18-16-20)35(30,31)28-24(33-26(29)25(28)34-28)19-32-36(27(2,3)4,22-11-7-5-8-12-22)23-13-9-6-10-14-23/h5-18,24-26,29H,19H2,1-4H3/t24-,25+,26?,28+/m1/s1. The third-order valence-electron chi connectivity index (χ3n) is 7.28. The molecule has 8 heteroatoms. The molecule has 0 aromatic heterocycles. The van der Waals surface area contributed by atoms with Gasteiger partial charge in [0.2, 0.25) is 14.8 Å². The first-order valence-electron chi connectivity index (χ1n) is 12.1. The first-order chi connectivity index (χ1) is 17.0. The molecule has 2 saturated heterocycles. The molecule has 0 radical (unpaired) electrons. The SMILES string of the molecule is Cc1ccc(S(=O)(=O)[C@]23O[C@H]2C(O)O[C@@H]3CO[Si](c2ccccc2)(c2ccccc2)C(C)(C)C)cc1. The zero-order valence-electron chi connectivity index (χ0n) is 20.9. The van der Waals surface area contributed by atoms with E-state index < -0.39 is 41.6 Å². The Morgan fingerprint density at radius 3 is 1.92 bits per heavy atom. The zero-order chi connectivity index (χ0) is 25.8. The van der Waals surface area contributed by atoms with Crippen molar-refractivity contribution in [2.75, 3.05) is 6.61 Å². The second-order valence-electron chi connectivity index (χ2n) is 10.6. The number of aryl methyl sites for hydroxylation is 1. The van der Waals surface area contributed by atoms with Crippen LogP contribution in [0.15, 0.2) is 89.8 Å². The zero-order valence-corrected chi connectivity index (χ0v) is 22.7. The Hall–Kier alpha value is -2.33. The van der Waals surface area contributed by atoms with Gasteiger partial charge in [-0.25, -0.2) is 8.42 Å². The first-order valence-corrected chi connectivity index (χ1v) is 15.5. The molecule has 0 spiro atoms. The van der Waals surface area contributed by atoms with Gasteiger partial charge in [0.15, 0.2) is 12.4 Å². The summed E-state index contributed by atoms with van der Waals surface area (Å²) in [6.45, 7) is 8.32. The van der Waals surface area contributed by atoms with Crippen molar-refractivity contribution in [1.29, 1.82) is 0 Å². The van der Waals surface area contributed by atoms with E-state index >= 15 is 0 Å². The minimum Gasteiger partial charge on any atom is -0.405 e. The largest absolute Gasteiger partial charge is 0.405 e. The van der Waals surface area contributed by atoms with Crippen LogP contribution in [-0.2, 0) is 23.7 Å². The number of ether oxygens (including phenoxy) is 2. The maximum absolute atomic E-state index is 13.8. The van der Waals surface area contributed by atoms with E-state index in [0.717, 1.165) is 15.9 Å². The van der Waals surface area contributed by atoms with Crippen molar-refractivity contribution in [1.82, 2.24) is 0 Å². The molecule has 36 heavy (non-hydrogen) atoms. The Morgan fingerprint density at radius 1 is 0.917 bits per heavy atom. The lowest BCUT2D eigenvalue weighted by atomic mass is 10.2. The Bertz CT molecular complexity index is 1280. The minimum atomic E-state index is -3.97. The van der Waals surface area contributed by atoms with Crippen molar-refractivity contribution in [2.45, 2.75) is 61.1 Å². The number of epoxide rings is 1. The van der Waals surface area contributed by atoms with E-state index in [4.69, 9.17) is 13.9 Å².